The molecule has 3 rings (SSSR count). The van der Waals surface area contributed by atoms with Crippen LogP contribution in [0.1, 0.15) is 26.5 Å². The van der Waals surface area contributed by atoms with Gasteiger partial charge in [-0.2, -0.15) is 0 Å². The van der Waals surface area contributed by atoms with Crippen molar-refractivity contribution in [1.29, 1.82) is 0 Å². The van der Waals surface area contributed by atoms with Gasteiger partial charge < -0.3 is 19.7 Å². The van der Waals surface area contributed by atoms with Crippen molar-refractivity contribution in [2.75, 3.05) is 7.11 Å². The fourth-order valence-corrected chi connectivity index (χ4v) is 2.69. The van der Waals surface area contributed by atoms with E-state index < -0.39 is 11.9 Å². The van der Waals surface area contributed by atoms with Crippen LogP contribution in [0, 0.1) is 0 Å². The van der Waals surface area contributed by atoms with Crippen molar-refractivity contribution in [1.82, 2.24) is 4.57 Å². The summed E-state index contributed by atoms with van der Waals surface area (Å²) >= 11 is 0. The Morgan fingerprint density at radius 1 is 0.963 bits per heavy atom. The molecule has 1 aromatic heterocycles. The highest BCUT2D eigenvalue weighted by Crippen LogP contribution is 2.29. The highest BCUT2D eigenvalue weighted by Gasteiger charge is 2.26. The largest absolute Gasteiger partial charge is 0.497 e. The van der Waals surface area contributed by atoms with Gasteiger partial charge in [0, 0.05) is 11.8 Å². The maximum absolute atomic E-state index is 11.9. The Morgan fingerprint density at radius 3 is 2.19 bits per heavy atom. The molecule has 0 saturated heterocycles. The first kappa shape index (κ1) is 18.1. The normalized spacial score (nSPS) is 10.4. The number of benzene rings is 2. The van der Waals surface area contributed by atoms with Crippen LogP contribution in [0.3, 0.4) is 0 Å². The second kappa shape index (κ2) is 7.65. The van der Waals surface area contributed by atoms with E-state index in [1.807, 2.05) is 30.3 Å². The van der Waals surface area contributed by atoms with Crippen molar-refractivity contribution < 1.29 is 29.3 Å². The van der Waals surface area contributed by atoms with Crippen LogP contribution < -0.4 is 9.47 Å². The van der Waals surface area contributed by atoms with E-state index in [1.54, 1.807) is 24.3 Å². The average molecular weight is 367 g/mol. The molecule has 0 aliphatic heterocycles. The number of nitrogens with zero attached hydrogens (tertiary/aromatic N) is 1. The minimum Gasteiger partial charge on any atom is -0.497 e. The van der Waals surface area contributed by atoms with Crippen LogP contribution in [0.15, 0.2) is 60.7 Å². The van der Waals surface area contributed by atoms with Gasteiger partial charge in [-0.05, 0) is 29.8 Å². The van der Waals surface area contributed by atoms with Gasteiger partial charge in [-0.25, -0.2) is 9.59 Å². The molecule has 0 radical (unpaired) electrons. The van der Waals surface area contributed by atoms with Crippen LogP contribution in [-0.4, -0.2) is 33.8 Å². The Kier molecular flexibility index (Phi) is 5.12. The van der Waals surface area contributed by atoms with E-state index in [0.717, 1.165) is 10.1 Å². The van der Waals surface area contributed by atoms with Crippen molar-refractivity contribution in [2.24, 2.45) is 0 Å². The van der Waals surface area contributed by atoms with Crippen molar-refractivity contribution in [3.63, 3.8) is 0 Å². The fraction of sp³-hybridized carbons (Fsp3) is 0.100. The lowest BCUT2D eigenvalue weighted by Gasteiger charge is -2.11. The SMILES string of the molecule is COc1ccc(-n2c(C(=O)O)cc(OCc3ccccc3)c2C(=O)O)cc1. The van der Waals surface area contributed by atoms with E-state index in [4.69, 9.17) is 9.47 Å². The second-order valence-electron chi connectivity index (χ2n) is 5.66. The molecule has 0 bridgehead atoms. The van der Waals surface area contributed by atoms with Crippen LogP contribution in [-0.2, 0) is 6.61 Å². The quantitative estimate of drug-likeness (QED) is 0.664. The van der Waals surface area contributed by atoms with Crippen LogP contribution in [0.25, 0.3) is 5.69 Å². The first-order valence-corrected chi connectivity index (χ1v) is 8.04. The summed E-state index contributed by atoms with van der Waals surface area (Å²) in [5.74, 6) is -2.00. The molecule has 0 spiro atoms. The monoisotopic (exact) mass is 367 g/mol. The van der Waals surface area contributed by atoms with Crippen LogP contribution in [0.2, 0.25) is 0 Å². The third-order valence-corrected chi connectivity index (χ3v) is 3.96. The zero-order chi connectivity index (χ0) is 19.4. The zero-order valence-electron chi connectivity index (χ0n) is 14.5. The van der Waals surface area contributed by atoms with Gasteiger partial charge in [0.15, 0.2) is 11.4 Å². The number of hydrogen-bond donors (Lipinski definition) is 2. The number of carboxylic acids is 2. The van der Waals surface area contributed by atoms with Crippen LogP contribution >= 0.6 is 0 Å². The van der Waals surface area contributed by atoms with Gasteiger partial charge in [0.2, 0.25) is 0 Å². The summed E-state index contributed by atoms with van der Waals surface area (Å²) in [5, 5.41) is 19.2. The summed E-state index contributed by atoms with van der Waals surface area (Å²) in [6, 6.07) is 16.8. The zero-order valence-corrected chi connectivity index (χ0v) is 14.5. The maximum atomic E-state index is 11.9. The van der Waals surface area contributed by atoms with E-state index in [2.05, 4.69) is 0 Å². The summed E-state index contributed by atoms with van der Waals surface area (Å²) in [6.45, 7) is 0.118. The molecule has 0 amide bonds. The summed E-state index contributed by atoms with van der Waals surface area (Å²) in [7, 11) is 1.51. The molecule has 0 aliphatic carbocycles. The second-order valence-corrected chi connectivity index (χ2v) is 5.66. The van der Waals surface area contributed by atoms with Crippen molar-refractivity contribution in [2.45, 2.75) is 6.61 Å². The molecule has 7 nitrogen and oxygen atoms in total. The number of rotatable bonds is 7. The number of methoxy groups -OCH3 is 1. The molecule has 0 aliphatic rings. The molecule has 138 valence electrons. The summed E-state index contributed by atoms with van der Waals surface area (Å²) in [6.07, 6.45) is 0. The standard InChI is InChI=1S/C20H17NO6/c1-26-15-9-7-14(8-10-15)21-16(19(22)23)11-17(18(21)20(24)25)27-12-13-5-3-2-4-6-13/h2-11H,12H2,1H3,(H,22,23)(H,24,25). The van der Waals surface area contributed by atoms with Crippen LogP contribution in [0.4, 0.5) is 0 Å². The smallest absolute Gasteiger partial charge is 0.356 e. The Labute approximate surface area is 155 Å². The van der Waals surface area contributed by atoms with Gasteiger partial charge in [-0.1, -0.05) is 30.3 Å². The minimum atomic E-state index is -1.29. The number of carboxylic acid groups (broad SMARTS) is 2. The lowest BCUT2D eigenvalue weighted by atomic mass is 10.2. The highest BCUT2D eigenvalue weighted by atomic mass is 16.5. The molecule has 0 atom stereocenters. The number of hydrogen-bond acceptors (Lipinski definition) is 4. The summed E-state index contributed by atoms with van der Waals surface area (Å²) < 4.78 is 11.9. The van der Waals surface area contributed by atoms with Gasteiger partial charge in [0.25, 0.3) is 0 Å². The highest BCUT2D eigenvalue weighted by molar-refractivity contribution is 5.96. The molecule has 2 N–H and O–H groups in total. The molecule has 1 heterocycles. The Bertz CT molecular complexity index is 960. The van der Waals surface area contributed by atoms with E-state index >= 15 is 0 Å². The van der Waals surface area contributed by atoms with Gasteiger partial charge >= 0.3 is 11.9 Å². The molecule has 27 heavy (non-hydrogen) atoms. The van der Waals surface area contributed by atoms with Gasteiger partial charge in [0.1, 0.15) is 18.1 Å². The third-order valence-electron chi connectivity index (χ3n) is 3.96. The maximum Gasteiger partial charge on any atom is 0.356 e. The van der Waals surface area contributed by atoms with Crippen molar-refractivity contribution >= 4 is 11.9 Å². The lowest BCUT2D eigenvalue weighted by Crippen LogP contribution is -2.13. The summed E-state index contributed by atoms with van der Waals surface area (Å²) in [4.78, 5) is 23.6. The number of aromatic nitrogens is 1. The molecule has 0 unspecified atom stereocenters. The number of carbonyl (C=O) groups is 2. The van der Waals surface area contributed by atoms with Gasteiger partial charge in [0.05, 0.1) is 7.11 Å². The molecular formula is C20H17NO6. The number of ether oxygens (including phenoxy) is 2. The van der Waals surface area contributed by atoms with Gasteiger partial charge in [-0.15, -0.1) is 0 Å². The van der Waals surface area contributed by atoms with E-state index in [-0.39, 0.29) is 23.7 Å². The first-order chi connectivity index (χ1) is 13.0. The molecule has 7 heteroatoms. The van der Waals surface area contributed by atoms with Crippen molar-refractivity contribution in [3.8, 4) is 17.2 Å². The summed E-state index contributed by atoms with van der Waals surface area (Å²) in [5.41, 5.74) is 0.747. The van der Waals surface area contributed by atoms with E-state index in [1.165, 1.54) is 13.2 Å². The Hall–Kier alpha value is -3.74. The van der Waals surface area contributed by atoms with E-state index in [9.17, 15) is 19.8 Å². The average Bonchev–Trinajstić information content (AvgIpc) is 3.07. The first-order valence-electron chi connectivity index (χ1n) is 8.04. The van der Waals surface area contributed by atoms with Gasteiger partial charge in [-0.3, -0.25) is 4.57 Å². The number of aromatic carboxylic acids is 2. The molecular weight excluding hydrogens is 350 g/mol. The minimum absolute atomic E-state index is 0.0143. The molecule has 0 saturated carbocycles. The van der Waals surface area contributed by atoms with E-state index in [0.29, 0.717) is 11.4 Å². The topological polar surface area (TPSA) is 98.0 Å². The Balaban J connectivity index is 2.06. The predicted octanol–water partition coefficient (Wildman–Crippen LogP) is 3.46. The van der Waals surface area contributed by atoms with Crippen molar-refractivity contribution in [3.05, 3.63) is 77.6 Å². The lowest BCUT2D eigenvalue weighted by molar-refractivity contribution is 0.0680. The van der Waals surface area contributed by atoms with Crippen LogP contribution in [0.5, 0.6) is 11.5 Å². The fourth-order valence-electron chi connectivity index (χ4n) is 2.69. The molecule has 0 fully saturated rings. The molecule has 2 aromatic carbocycles. The third kappa shape index (κ3) is 3.77. The molecule has 3 aromatic rings. The Morgan fingerprint density at radius 2 is 1.63 bits per heavy atom. The predicted molar refractivity (Wildman–Crippen MR) is 97.0 cm³/mol.